The molecular weight excluding hydrogens is 294 g/mol. The number of carbonyl (C=O) groups is 1. The highest BCUT2D eigenvalue weighted by atomic mass is 16.5. The van der Waals surface area contributed by atoms with Gasteiger partial charge in [-0.3, -0.25) is 9.59 Å². The van der Waals surface area contributed by atoms with Crippen molar-refractivity contribution in [2.45, 2.75) is 32.2 Å². The molecule has 122 valence electrons. The number of likely N-dealkylation sites (tertiary alicyclic amines) is 1. The van der Waals surface area contributed by atoms with E-state index in [1.807, 2.05) is 4.90 Å². The number of benzene rings is 1. The molecule has 1 aliphatic heterocycles. The van der Waals surface area contributed by atoms with Crippen LogP contribution in [0, 0.1) is 0 Å². The maximum Gasteiger partial charge on any atom is 0.261 e. The standard InChI is InChI=1S/C17H21N3O3/c1-12-5-3-4-8-20(12)16(21)10-23-13-6-7-15-14(9-13)17(22)19(2)11-18-15/h6-7,9,11-12H,3-5,8,10H2,1-2H3/t12-/m1/s1. The molecule has 0 spiro atoms. The highest BCUT2D eigenvalue weighted by Crippen LogP contribution is 2.19. The van der Waals surface area contributed by atoms with Gasteiger partial charge in [-0.15, -0.1) is 0 Å². The van der Waals surface area contributed by atoms with E-state index in [4.69, 9.17) is 4.74 Å². The van der Waals surface area contributed by atoms with E-state index in [1.54, 1.807) is 25.2 Å². The molecule has 0 aliphatic carbocycles. The highest BCUT2D eigenvalue weighted by Gasteiger charge is 2.23. The van der Waals surface area contributed by atoms with E-state index in [0.717, 1.165) is 19.4 Å². The Kier molecular flexibility index (Phi) is 4.32. The van der Waals surface area contributed by atoms with Gasteiger partial charge in [0.25, 0.3) is 11.5 Å². The summed E-state index contributed by atoms with van der Waals surface area (Å²) in [5.74, 6) is 0.511. The van der Waals surface area contributed by atoms with Crippen molar-refractivity contribution in [1.82, 2.24) is 14.5 Å². The summed E-state index contributed by atoms with van der Waals surface area (Å²) in [6.07, 6.45) is 4.76. The molecule has 1 fully saturated rings. The minimum atomic E-state index is -0.128. The van der Waals surface area contributed by atoms with Crippen LogP contribution in [0.15, 0.2) is 29.3 Å². The molecule has 1 amide bonds. The largest absolute Gasteiger partial charge is 0.484 e. The minimum Gasteiger partial charge on any atom is -0.484 e. The Labute approximate surface area is 134 Å². The first-order valence-electron chi connectivity index (χ1n) is 7.94. The van der Waals surface area contributed by atoms with E-state index in [9.17, 15) is 9.59 Å². The number of carbonyl (C=O) groups excluding carboxylic acids is 1. The summed E-state index contributed by atoms with van der Waals surface area (Å²) in [6.45, 7) is 2.87. The van der Waals surface area contributed by atoms with Gasteiger partial charge < -0.3 is 14.2 Å². The van der Waals surface area contributed by atoms with Crippen LogP contribution < -0.4 is 10.3 Å². The van der Waals surface area contributed by atoms with Gasteiger partial charge in [-0.05, 0) is 44.4 Å². The second kappa shape index (κ2) is 6.40. The molecule has 3 rings (SSSR count). The second-order valence-corrected chi connectivity index (χ2v) is 6.06. The Morgan fingerprint density at radius 1 is 1.39 bits per heavy atom. The number of ether oxygens (including phenoxy) is 1. The van der Waals surface area contributed by atoms with Crippen molar-refractivity contribution < 1.29 is 9.53 Å². The monoisotopic (exact) mass is 315 g/mol. The Bertz CT molecular complexity index is 784. The number of aryl methyl sites for hydroxylation is 1. The molecule has 2 heterocycles. The summed E-state index contributed by atoms with van der Waals surface area (Å²) in [4.78, 5) is 30.5. The third kappa shape index (κ3) is 3.21. The number of aromatic nitrogens is 2. The van der Waals surface area contributed by atoms with Crippen molar-refractivity contribution in [3.8, 4) is 5.75 Å². The van der Waals surface area contributed by atoms with Crippen LogP contribution >= 0.6 is 0 Å². The van der Waals surface area contributed by atoms with E-state index in [0.29, 0.717) is 16.7 Å². The Morgan fingerprint density at radius 2 is 2.22 bits per heavy atom. The molecule has 1 aliphatic rings. The summed E-state index contributed by atoms with van der Waals surface area (Å²) in [6, 6.07) is 5.40. The third-order valence-electron chi connectivity index (χ3n) is 4.37. The number of hydrogen-bond acceptors (Lipinski definition) is 4. The van der Waals surface area contributed by atoms with Gasteiger partial charge in [0.2, 0.25) is 0 Å². The summed E-state index contributed by atoms with van der Waals surface area (Å²) in [7, 11) is 1.66. The Morgan fingerprint density at radius 3 is 3.00 bits per heavy atom. The first-order valence-corrected chi connectivity index (χ1v) is 7.94. The first-order chi connectivity index (χ1) is 11.1. The van der Waals surface area contributed by atoms with E-state index in [1.165, 1.54) is 17.3 Å². The number of piperidine rings is 1. The number of fused-ring (bicyclic) bond motifs is 1. The van der Waals surface area contributed by atoms with Crippen LogP contribution in [0.2, 0.25) is 0 Å². The second-order valence-electron chi connectivity index (χ2n) is 6.06. The SMILES string of the molecule is C[C@@H]1CCCCN1C(=O)COc1ccc2ncn(C)c(=O)c2c1. The number of nitrogens with zero attached hydrogens (tertiary/aromatic N) is 3. The first kappa shape index (κ1) is 15.5. The minimum absolute atomic E-state index is 0.00335. The molecule has 0 saturated carbocycles. The molecule has 1 aromatic carbocycles. The van der Waals surface area contributed by atoms with Crippen molar-refractivity contribution in [2.24, 2.45) is 7.05 Å². The van der Waals surface area contributed by atoms with Crippen molar-refractivity contribution in [3.63, 3.8) is 0 Å². The maximum absolute atomic E-state index is 12.3. The molecule has 0 N–H and O–H groups in total. The highest BCUT2D eigenvalue weighted by molar-refractivity contribution is 5.80. The van der Waals surface area contributed by atoms with E-state index < -0.39 is 0 Å². The average Bonchev–Trinajstić information content (AvgIpc) is 2.56. The molecule has 0 radical (unpaired) electrons. The van der Waals surface area contributed by atoms with Crippen molar-refractivity contribution in [1.29, 1.82) is 0 Å². The predicted molar refractivity (Wildman–Crippen MR) is 87.5 cm³/mol. The maximum atomic E-state index is 12.3. The fraction of sp³-hybridized carbons (Fsp3) is 0.471. The molecule has 1 aromatic heterocycles. The van der Waals surface area contributed by atoms with Gasteiger partial charge in [-0.2, -0.15) is 0 Å². The molecule has 0 unspecified atom stereocenters. The lowest BCUT2D eigenvalue weighted by Crippen LogP contribution is -2.44. The average molecular weight is 315 g/mol. The van der Waals surface area contributed by atoms with Gasteiger partial charge in [0.15, 0.2) is 6.61 Å². The van der Waals surface area contributed by atoms with Crippen LogP contribution in [0.4, 0.5) is 0 Å². The molecule has 1 saturated heterocycles. The van der Waals surface area contributed by atoms with Crippen LogP contribution in [-0.2, 0) is 11.8 Å². The van der Waals surface area contributed by atoms with E-state index >= 15 is 0 Å². The number of rotatable bonds is 3. The van der Waals surface area contributed by atoms with Gasteiger partial charge in [-0.1, -0.05) is 0 Å². The normalized spacial score (nSPS) is 18.2. The molecule has 2 aromatic rings. The topological polar surface area (TPSA) is 64.4 Å². The zero-order chi connectivity index (χ0) is 16.4. The molecular formula is C17H21N3O3. The molecule has 0 bridgehead atoms. The van der Waals surface area contributed by atoms with E-state index in [2.05, 4.69) is 11.9 Å². The van der Waals surface area contributed by atoms with Crippen molar-refractivity contribution >= 4 is 16.8 Å². The molecule has 6 heteroatoms. The number of amides is 1. The fourth-order valence-electron chi connectivity index (χ4n) is 2.98. The zero-order valence-electron chi connectivity index (χ0n) is 13.5. The lowest BCUT2D eigenvalue weighted by atomic mass is 10.0. The van der Waals surface area contributed by atoms with Gasteiger partial charge in [-0.25, -0.2) is 4.98 Å². The summed E-state index contributed by atoms with van der Waals surface area (Å²) < 4.78 is 7.03. The quantitative estimate of drug-likeness (QED) is 0.865. The van der Waals surface area contributed by atoms with Gasteiger partial charge in [0.05, 0.1) is 17.2 Å². The van der Waals surface area contributed by atoms with Crippen LogP contribution in [0.3, 0.4) is 0 Å². The predicted octanol–water partition coefficient (Wildman–Crippen LogP) is 1.71. The Balaban J connectivity index is 1.73. The van der Waals surface area contributed by atoms with Gasteiger partial charge in [0.1, 0.15) is 5.75 Å². The molecule has 1 atom stereocenters. The third-order valence-corrected chi connectivity index (χ3v) is 4.37. The molecule has 6 nitrogen and oxygen atoms in total. The lowest BCUT2D eigenvalue weighted by molar-refractivity contribution is -0.136. The van der Waals surface area contributed by atoms with Gasteiger partial charge >= 0.3 is 0 Å². The van der Waals surface area contributed by atoms with Crippen molar-refractivity contribution in [2.75, 3.05) is 13.2 Å². The van der Waals surface area contributed by atoms with Crippen LogP contribution in [0.1, 0.15) is 26.2 Å². The Hall–Kier alpha value is -2.37. The smallest absolute Gasteiger partial charge is 0.261 e. The van der Waals surface area contributed by atoms with Crippen LogP contribution in [-0.4, -0.2) is 39.6 Å². The lowest BCUT2D eigenvalue weighted by Gasteiger charge is -2.33. The fourth-order valence-corrected chi connectivity index (χ4v) is 2.98. The van der Waals surface area contributed by atoms with Crippen LogP contribution in [0.5, 0.6) is 5.75 Å². The molecule has 23 heavy (non-hydrogen) atoms. The summed E-state index contributed by atoms with van der Waals surface area (Å²) in [5.41, 5.74) is 0.493. The van der Waals surface area contributed by atoms with Gasteiger partial charge in [0, 0.05) is 19.6 Å². The van der Waals surface area contributed by atoms with E-state index in [-0.39, 0.29) is 24.1 Å². The summed E-state index contributed by atoms with van der Waals surface area (Å²) in [5, 5.41) is 0.492. The zero-order valence-corrected chi connectivity index (χ0v) is 13.5. The van der Waals surface area contributed by atoms with Crippen molar-refractivity contribution in [3.05, 3.63) is 34.9 Å². The summed E-state index contributed by atoms with van der Waals surface area (Å²) >= 11 is 0. The van der Waals surface area contributed by atoms with Crippen LogP contribution in [0.25, 0.3) is 10.9 Å². The number of hydrogen-bond donors (Lipinski definition) is 0.